The molecule has 2 atom stereocenters. The van der Waals surface area contributed by atoms with Crippen molar-refractivity contribution in [1.82, 2.24) is 0 Å². The number of hydrogen-bond donors (Lipinski definition) is 1. The maximum Gasteiger partial charge on any atom is 0.460 e. The van der Waals surface area contributed by atoms with E-state index >= 15 is 8.78 Å². The third-order valence-electron chi connectivity index (χ3n) is 11.2. The predicted octanol–water partition coefficient (Wildman–Crippen LogP) is 14.4. The largest absolute Gasteiger partial charge is 0.491 e. The second kappa shape index (κ2) is 21.3. The molecule has 0 spiro atoms. The van der Waals surface area contributed by atoms with Crippen LogP contribution in [-0.4, -0.2) is 87.8 Å². The van der Waals surface area contributed by atoms with Crippen LogP contribution in [0, 0.1) is 17.6 Å². The number of carbonyl (C=O) groups is 2. The molecule has 0 aliphatic carbocycles. The van der Waals surface area contributed by atoms with E-state index in [0.717, 1.165) is 12.1 Å². The summed E-state index contributed by atoms with van der Waals surface area (Å²) in [6.07, 6.45) is -12.9. The molecule has 0 heterocycles. The lowest BCUT2D eigenvalue weighted by Crippen LogP contribution is -2.74. The molecule has 7 nitrogen and oxygen atoms in total. The van der Waals surface area contributed by atoms with Crippen LogP contribution >= 0.6 is 0 Å². The molecule has 0 bridgehead atoms. The summed E-state index contributed by atoms with van der Waals surface area (Å²) in [6.45, 7) is 10.2. The molecule has 0 radical (unpaired) electrons. The van der Waals surface area contributed by atoms with Gasteiger partial charge in [-0.3, -0.25) is 5.32 Å². The van der Waals surface area contributed by atoms with Gasteiger partial charge in [0.25, 0.3) is 0 Å². The molecular weight excluding hydrogens is 992 g/mol. The Morgan fingerprint density at radius 1 is 0.662 bits per heavy atom. The highest BCUT2D eigenvalue weighted by atomic mass is 28.4. The summed E-state index contributed by atoms with van der Waals surface area (Å²) in [4.78, 5) is 25.4. The van der Waals surface area contributed by atoms with E-state index in [-0.39, 0.29) is 23.5 Å². The molecule has 68 heavy (non-hydrogen) atoms. The summed E-state index contributed by atoms with van der Waals surface area (Å²) in [7, 11) is -4.07. The van der Waals surface area contributed by atoms with Gasteiger partial charge in [-0.25, -0.2) is 18.4 Å². The van der Waals surface area contributed by atoms with Crippen molar-refractivity contribution in [3.05, 3.63) is 70.8 Å². The zero-order valence-corrected chi connectivity index (χ0v) is 38.0. The van der Waals surface area contributed by atoms with E-state index in [4.69, 9.17) is 18.6 Å². The van der Waals surface area contributed by atoms with Crippen LogP contribution in [0.1, 0.15) is 73.5 Å². The molecule has 0 saturated heterocycles. The quantitative estimate of drug-likeness (QED) is 0.0393. The van der Waals surface area contributed by atoms with Gasteiger partial charge in [-0.2, -0.15) is 74.6 Å². The smallest absolute Gasteiger partial charge is 0.460 e. The van der Waals surface area contributed by atoms with E-state index in [1.165, 1.54) is 58.9 Å². The first-order valence-electron chi connectivity index (χ1n) is 20.0. The minimum Gasteiger partial charge on any atom is -0.491 e. The Bertz CT molecular complexity index is 2070. The lowest BCUT2D eigenvalue weighted by Gasteiger charge is -2.44. The third-order valence-corrected chi connectivity index (χ3v) is 16.9. The summed E-state index contributed by atoms with van der Waals surface area (Å²) < 4.78 is 286. The molecule has 388 valence electrons. The fourth-order valence-corrected chi connectivity index (χ4v) is 11.2. The Labute approximate surface area is 377 Å². The van der Waals surface area contributed by atoms with Gasteiger partial charge in [-0.15, -0.1) is 0 Å². The molecule has 1 N–H and O–H groups in total. The standard InChI is InChI=1S/C41H46F19NO6Si/c1-9-64-32(62)25(8)23(6)24(7)31(67-33(63)61-30-15-12-27(42)20-29(30)43)26-10-13-28(14-11-26)65-17-18-66-68(21(2)3,22(4)5)19-16-34(44,45)35(46,47)36(48,49)37(50,51)38(52,53)39(54,55)40(56,57)41(58,59)60/h10-15,20-22,24,31H,9,16-19H2,1-8H3,(H,61,63)/b25-23+/t24-,31+/m1/s1. The maximum atomic E-state index is 15.0. The second-order valence-electron chi connectivity index (χ2n) is 16.1. The number of esters is 1. The monoisotopic (exact) mass is 1040 g/mol. The van der Waals surface area contributed by atoms with Crippen LogP contribution in [0.5, 0.6) is 5.75 Å². The molecule has 0 fully saturated rings. The summed E-state index contributed by atoms with van der Waals surface area (Å²) in [5.74, 6) is -60.5. The fourth-order valence-electron chi connectivity index (χ4n) is 6.77. The van der Waals surface area contributed by atoms with Gasteiger partial charge in [-0.1, -0.05) is 52.3 Å². The van der Waals surface area contributed by atoms with Crippen LogP contribution < -0.4 is 10.1 Å². The van der Waals surface area contributed by atoms with Crippen LogP contribution in [0.2, 0.25) is 17.1 Å². The topological polar surface area (TPSA) is 83.1 Å². The minimum absolute atomic E-state index is 0.0302. The number of ether oxygens (including phenoxy) is 3. The van der Waals surface area contributed by atoms with E-state index in [1.54, 1.807) is 20.8 Å². The predicted molar refractivity (Wildman–Crippen MR) is 207 cm³/mol. The summed E-state index contributed by atoms with van der Waals surface area (Å²) >= 11 is 0. The molecule has 0 unspecified atom stereocenters. The highest BCUT2D eigenvalue weighted by Gasteiger charge is 2.95. The van der Waals surface area contributed by atoms with Crippen molar-refractivity contribution >= 4 is 26.1 Å². The van der Waals surface area contributed by atoms with E-state index in [0.29, 0.717) is 11.6 Å². The van der Waals surface area contributed by atoms with Crippen molar-refractivity contribution in [3.63, 3.8) is 0 Å². The maximum absolute atomic E-state index is 15.0. The molecular formula is C41H46F19NO6Si. The Kier molecular flexibility index (Phi) is 18.7. The molecule has 0 saturated carbocycles. The van der Waals surface area contributed by atoms with E-state index in [9.17, 15) is 84.2 Å². The first kappa shape index (κ1) is 59.7. The van der Waals surface area contributed by atoms with Crippen molar-refractivity contribution in [2.24, 2.45) is 5.92 Å². The number of alkyl halides is 17. The van der Waals surface area contributed by atoms with Crippen molar-refractivity contribution < 1.29 is 112 Å². The number of benzene rings is 2. The molecule has 1 amide bonds. The van der Waals surface area contributed by atoms with Gasteiger partial charge in [0.1, 0.15) is 30.1 Å². The normalized spacial score (nSPS) is 15.2. The Morgan fingerprint density at radius 3 is 1.60 bits per heavy atom. The molecule has 2 rings (SSSR count). The second-order valence-corrected chi connectivity index (χ2v) is 21.1. The average molecular weight is 1040 g/mol. The van der Waals surface area contributed by atoms with Crippen molar-refractivity contribution in [2.75, 3.05) is 25.1 Å². The minimum atomic E-state index is -8.72. The Morgan fingerprint density at radius 2 is 1.15 bits per heavy atom. The van der Waals surface area contributed by atoms with Crippen LogP contribution in [0.3, 0.4) is 0 Å². The van der Waals surface area contributed by atoms with E-state index < -0.39 is 134 Å². The Balaban J connectivity index is 2.36. The zero-order valence-electron chi connectivity index (χ0n) is 37.0. The molecule has 27 heteroatoms. The van der Waals surface area contributed by atoms with E-state index in [2.05, 4.69) is 5.32 Å². The molecule has 2 aromatic rings. The average Bonchev–Trinajstić information content (AvgIpc) is 3.22. The van der Waals surface area contributed by atoms with Crippen molar-refractivity contribution in [3.8, 4) is 5.75 Å². The summed E-state index contributed by atoms with van der Waals surface area (Å²) in [5.41, 5.74) is -1.51. The van der Waals surface area contributed by atoms with Gasteiger partial charge in [0, 0.05) is 24.0 Å². The van der Waals surface area contributed by atoms with Crippen LogP contribution in [0.15, 0.2) is 53.6 Å². The van der Waals surface area contributed by atoms with Crippen LogP contribution in [-0.2, 0) is 18.7 Å². The first-order chi connectivity index (χ1) is 30.7. The van der Waals surface area contributed by atoms with Gasteiger partial charge in [0.05, 0.1) is 18.9 Å². The molecule has 2 aromatic carbocycles. The van der Waals surface area contributed by atoms with Gasteiger partial charge >= 0.3 is 59.7 Å². The number of nitrogens with one attached hydrogen (secondary N) is 1. The van der Waals surface area contributed by atoms with E-state index in [1.807, 2.05) is 0 Å². The van der Waals surface area contributed by atoms with Crippen LogP contribution in [0.4, 0.5) is 93.9 Å². The lowest BCUT2D eigenvalue weighted by molar-refractivity contribution is -0.461. The Hall–Kier alpha value is -4.43. The lowest BCUT2D eigenvalue weighted by atomic mass is 9.88. The van der Waals surface area contributed by atoms with Crippen molar-refractivity contribution in [1.29, 1.82) is 0 Å². The fraction of sp³-hybridized carbons (Fsp3) is 0.610. The number of amides is 1. The van der Waals surface area contributed by atoms with Gasteiger partial charge in [-0.05, 0) is 67.7 Å². The molecule has 0 aliphatic heterocycles. The van der Waals surface area contributed by atoms with Gasteiger partial charge in [0.2, 0.25) is 0 Å². The third kappa shape index (κ3) is 11.6. The zero-order chi connectivity index (χ0) is 53.0. The van der Waals surface area contributed by atoms with Gasteiger partial charge < -0.3 is 18.6 Å². The highest BCUT2D eigenvalue weighted by molar-refractivity contribution is 6.76. The highest BCUT2D eigenvalue weighted by Crippen LogP contribution is 2.64. The SMILES string of the molecule is CCOC(=O)/C(C)=C(\C)[C@@H](C)[C@H](OC(=O)Nc1ccc(F)cc1F)c1ccc(OCCO[Si](CCC(F)(F)C(F)(F)C(F)(F)C(F)(F)C(F)(F)C(F)(F)C(F)(F)C(F)(F)F)(C(C)C)C(C)C)cc1. The number of hydrogen-bond acceptors (Lipinski definition) is 6. The first-order valence-corrected chi connectivity index (χ1v) is 22.3. The van der Waals surface area contributed by atoms with Crippen molar-refractivity contribution in [2.45, 2.75) is 133 Å². The molecule has 0 aromatic heterocycles. The summed E-state index contributed by atoms with van der Waals surface area (Å²) in [5, 5.41) is 2.14. The summed E-state index contributed by atoms with van der Waals surface area (Å²) in [6, 6.07) is 6.28. The number of halogens is 19. The number of carbonyl (C=O) groups excluding carboxylic acids is 2. The molecule has 0 aliphatic rings. The van der Waals surface area contributed by atoms with Crippen LogP contribution in [0.25, 0.3) is 0 Å². The number of anilines is 1. The van der Waals surface area contributed by atoms with Gasteiger partial charge in [0.15, 0.2) is 8.32 Å². The number of rotatable bonds is 23.